The smallest absolute Gasteiger partial charge is 0.311 e. The number of ether oxygens (including phenoxy) is 1. The number of likely N-dealkylation sites (N-methyl/N-ethyl adjacent to an activating group) is 1. The van der Waals surface area contributed by atoms with Crippen molar-refractivity contribution in [2.45, 2.75) is 33.8 Å². The molecule has 0 aromatic rings. The molecule has 0 radical (unpaired) electrons. The lowest BCUT2D eigenvalue weighted by Gasteiger charge is -2.22. The van der Waals surface area contributed by atoms with Gasteiger partial charge in [0.05, 0.1) is 5.41 Å². The van der Waals surface area contributed by atoms with Crippen LogP contribution in [0, 0.1) is 5.41 Å². The molecule has 0 aliphatic heterocycles. The minimum atomic E-state index is -0.402. The van der Waals surface area contributed by atoms with Crippen molar-refractivity contribution in [2.75, 3.05) is 20.6 Å². The first kappa shape index (κ1) is 12.4. The number of hydrogen-bond acceptors (Lipinski definition) is 3. The summed E-state index contributed by atoms with van der Waals surface area (Å²) in [5.74, 6) is -0.137. The number of hydrogen-bond donors (Lipinski definition) is 0. The fraction of sp³-hybridized carbons (Fsp3) is 0.900. The Balaban J connectivity index is 3.93. The Morgan fingerprint density at radius 1 is 1.38 bits per heavy atom. The average molecular weight is 187 g/mol. The highest BCUT2D eigenvalue weighted by Crippen LogP contribution is 2.16. The van der Waals surface area contributed by atoms with Crippen molar-refractivity contribution in [3.63, 3.8) is 0 Å². The molecule has 0 N–H and O–H groups in total. The van der Waals surface area contributed by atoms with Gasteiger partial charge in [0.15, 0.2) is 0 Å². The molecule has 1 unspecified atom stereocenters. The topological polar surface area (TPSA) is 29.5 Å². The molecule has 0 saturated carbocycles. The van der Waals surface area contributed by atoms with Gasteiger partial charge in [0, 0.05) is 6.54 Å². The van der Waals surface area contributed by atoms with Crippen LogP contribution in [0.4, 0.5) is 0 Å². The maximum absolute atomic E-state index is 11.4. The summed E-state index contributed by atoms with van der Waals surface area (Å²) in [5.41, 5.74) is -0.402. The quantitative estimate of drug-likeness (QED) is 0.627. The van der Waals surface area contributed by atoms with E-state index < -0.39 is 5.41 Å². The number of nitrogens with zero attached hydrogens (tertiary/aromatic N) is 1. The molecule has 0 aromatic carbocycles. The zero-order valence-corrected chi connectivity index (χ0v) is 9.55. The molecule has 0 bridgehead atoms. The van der Waals surface area contributed by atoms with Crippen LogP contribution in [0.15, 0.2) is 0 Å². The van der Waals surface area contributed by atoms with Crippen LogP contribution < -0.4 is 0 Å². The molecule has 0 aliphatic carbocycles. The summed E-state index contributed by atoms with van der Waals surface area (Å²) in [7, 11) is 3.92. The van der Waals surface area contributed by atoms with E-state index in [1.807, 2.05) is 46.7 Å². The second-order valence-electron chi connectivity index (χ2n) is 4.73. The summed E-state index contributed by atoms with van der Waals surface area (Å²) in [6, 6.07) is 0. The molecule has 0 heterocycles. The summed E-state index contributed by atoms with van der Waals surface area (Å²) >= 11 is 0. The molecule has 0 amide bonds. The molecule has 0 aromatic heterocycles. The Kier molecular flexibility index (Phi) is 4.40. The fourth-order valence-corrected chi connectivity index (χ4v) is 0.911. The van der Waals surface area contributed by atoms with E-state index in [2.05, 4.69) is 0 Å². The van der Waals surface area contributed by atoms with Gasteiger partial charge in [0.1, 0.15) is 6.10 Å². The van der Waals surface area contributed by atoms with Crippen molar-refractivity contribution in [1.82, 2.24) is 4.90 Å². The number of carbonyl (C=O) groups is 1. The van der Waals surface area contributed by atoms with Crippen LogP contribution in [-0.2, 0) is 9.53 Å². The zero-order chi connectivity index (χ0) is 10.6. The van der Waals surface area contributed by atoms with Gasteiger partial charge in [0.25, 0.3) is 0 Å². The minimum Gasteiger partial charge on any atom is -0.461 e. The van der Waals surface area contributed by atoms with Gasteiger partial charge in [-0.2, -0.15) is 0 Å². The Hall–Kier alpha value is -0.570. The van der Waals surface area contributed by atoms with E-state index in [0.717, 1.165) is 6.54 Å². The highest BCUT2D eigenvalue weighted by atomic mass is 16.5. The highest BCUT2D eigenvalue weighted by molar-refractivity contribution is 5.75. The molecule has 0 aliphatic rings. The summed E-state index contributed by atoms with van der Waals surface area (Å²) in [6.45, 7) is 8.25. The third-order valence-electron chi connectivity index (χ3n) is 1.54. The number of carbonyl (C=O) groups excluding carboxylic acids is 1. The largest absolute Gasteiger partial charge is 0.461 e. The van der Waals surface area contributed by atoms with Crippen molar-refractivity contribution < 1.29 is 9.53 Å². The van der Waals surface area contributed by atoms with Crippen molar-refractivity contribution >= 4 is 5.97 Å². The molecule has 1 atom stereocenters. The minimum absolute atomic E-state index is 0.0401. The molecule has 13 heavy (non-hydrogen) atoms. The predicted octanol–water partition coefficient (Wildman–Crippen LogP) is 1.53. The van der Waals surface area contributed by atoms with Crippen LogP contribution >= 0.6 is 0 Å². The van der Waals surface area contributed by atoms with Crippen molar-refractivity contribution in [2.24, 2.45) is 5.41 Å². The van der Waals surface area contributed by atoms with Gasteiger partial charge in [-0.15, -0.1) is 0 Å². The van der Waals surface area contributed by atoms with Gasteiger partial charge in [-0.1, -0.05) is 0 Å². The first-order valence-corrected chi connectivity index (χ1v) is 4.59. The van der Waals surface area contributed by atoms with Crippen LogP contribution in [0.2, 0.25) is 0 Å². The van der Waals surface area contributed by atoms with Gasteiger partial charge >= 0.3 is 5.97 Å². The van der Waals surface area contributed by atoms with E-state index in [4.69, 9.17) is 4.74 Å². The first-order chi connectivity index (χ1) is 5.73. The third-order valence-corrected chi connectivity index (χ3v) is 1.54. The summed E-state index contributed by atoms with van der Waals surface area (Å²) < 4.78 is 5.24. The Labute approximate surface area is 81.1 Å². The van der Waals surface area contributed by atoms with Crippen molar-refractivity contribution in [1.29, 1.82) is 0 Å². The molecule has 0 fully saturated rings. The van der Waals surface area contributed by atoms with Crippen molar-refractivity contribution in [3.8, 4) is 0 Å². The lowest BCUT2D eigenvalue weighted by atomic mass is 9.97. The van der Waals surface area contributed by atoms with Crippen LogP contribution in [0.1, 0.15) is 27.7 Å². The van der Waals surface area contributed by atoms with Gasteiger partial charge in [-0.3, -0.25) is 4.79 Å². The van der Waals surface area contributed by atoms with E-state index in [0.29, 0.717) is 0 Å². The fourth-order valence-electron chi connectivity index (χ4n) is 0.911. The molecule has 0 spiro atoms. The van der Waals surface area contributed by atoms with Crippen LogP contribution in [-0.4, -0.2) is 37.6 Å². The molecule has 3 nitrogen and oxygen atoms in total. The summed E-state index contributed by atoms with van der Waals surface area (Å²) in [5, 5.41) is 0. The van der Waals surface area contributed by atoms with E-state index in [9.17, 15) is 4.79 Å². The Morgan fingerprint density at radius 2 is 1.85 bits per heavy atom. The lowest BCUT2D eigenvalue weighted by Crippen LogP contribution is -2.32. The molecular formula is C10H21NO2. The number of esters is 1. The monoisotopic (exact) mass is 187 g/mol. The standard InChI is InChI=1S/C10H21NO2/c1-8(7-11(5)6)13-9(12)10(2,3)4/h8H,7H2,1-6H3. The first-order valence-electron chi connectivity index (χ1n) is 4.59. The number of rotatable bonds is 3. The summed E-state index contributed by atoms with van der Waals surface area (Å²) in [6.07, 6.45) is -0.0401. The summed E-state index contributed by atoms with van der Waals surface area (Å²) in [4.78, 5) is 13.4. The maximum Gasteiger partial charge on any atom is 0.311 e. The van der Waals surface area contributed by atoms with Gasteiger partial charge in [-0.25, -0.2) is 0 Å². The Morgan fingerprint density at radius 3 is 2.15 bits per heavy atom. The third kappa shape index (κ3) is 5.64. The maximum atomic E-state index is 11.4. The van der Waals surface area contributed by atoms with E-state index in [-0.39, 0.29) is 12.1 Å². The average Bonchev–Trinajstić information content (AvgIpc) is 1.82. The predicted molar refractivity (Wildman–Crippen MR) is 53.6 cm³/mol. The van der Waals surface area contributed by atoms with Crippen LogP contribution in [0.25, 0.3) is 0 Å². The molecular weight excluding hydrogens is 166 g/mol. The van der Waals surface area contributed by atoms with Crippen LogP contribution in [0.3, 0.4) is 0 Å². The van der Waals surface area contributed by atoms with Gasteiger partial charge < -0.3 is 9.64 Å². The molecule has 3 heteroatoms. The van der Waals surface area contributed by atoms with Crippen LogP contribution in [0.5, 0.6) is 0 Å². The van der Waals surface area contributed by atoms with E-state index in [1.54, 1.807) is 0 Å². The normalized spacial score (nSPS) is 14.4. The lowest BCUT2D eigenvalue weighted by molar-refractivity contribution is -0.158. The second kappa shape index (κ2) is 4.61. The molecule has 0 rings (SSSR count). The molecule has 78 valence electrons. The van der Waals surface area contributed by atoms with E-state index >= 15 is 0 Å². The second-order valence-corrected chi connectivity index (χ2v) is 4.73. The van der Waals surface area contributed by atoms with Crippen molar-refractivity contribution in [3.05, 3.63) is 0 Å². The highest BCUT2D eigenvalue weighted by Gasteiger charge is 2.24. The van der Waals surface area contributed by atoms with E-state index in [1.165, 1.54) is 0 Å². The van der Waals surface area contributed by atoms with Gasteiger partial charge in [-0.05, 0) is 41.8 Å². The Bertz CT molecular complexity index is 170. The zero-order valence-electron chi connectivity index (χ0n) is 9.55. The molecule has 0 saturated heterocycles. The van der Waals surface area contributed by atoms with Gasteiger partial charge in [0.2, 0.25) is 0 Å². The SMILES string of the molecule is CC(CN(C)C)OC(=O)C(C)(C)C.